The van der Waals surface area contributed by atoms with Gasteiger partial charge in [0.15, 0.2) is 11.6 Å². The number of rotatable bonds is 5. The molecule has 0 atom stereocenters. The van der Waals surface area contributed by atoms with Crippen LogP contribution in [0.1, 0.15) is 0 Å². The lowest BCUT2D eigenvalue weighted by atomic mass is 9.92. The zero-order valence-corrected chi connectivity index (χ0v) is 33.4. The average Bonchev–Trinajstić information content (AvgIpc) is 3.87. The van der Waals surface area contributed by atoms with Gasteiger partial charge in [0.1, 0.15) is 0 Å². The fourth-order valence-corrected chi connectivity index (χ4v) is 9.78. The van der Waals surface area contributed by atoms with Crippen LogP contribution in [0.15, 0.2) is 212 Å². The van der Waals surface area contributed by atoms with Crippen LogP contribution in [0.5, 0.6) is 0 Å². The third kappa shape index (κ3) is 5.18. The summed E-state index contributed by atoms with van der Waals surface area (Å²) < 4.78 is 4.65. The molecule has 0 unspecified atom stereocenters. The van der Waals surface area contributed by atoms with E-state index in [1.807, 2.05) is 36.4 Å². The molecule has 0 bridgehead atoms. The van der Waals surface area contributed by atoms with Crippen molar-refractivity contribution in [3.05, 3.63) is 212 Å². The molecule has 3 heterocycles. The number of para-hydroxylation sites is 2. The van der Waals surface area contributed by atoms with Crippen LogP contribution < -0.4 is 0 Å². The second-order valence-electron chi connectivity index (χ2n) is 16.0. The molecule has 288 valence electrons. The first-order valence-corrected chi connectivity index (χ1v) is 21.0. The Kier molecular flexibility index (Phi) is 7.54. The minimum Gasteiger partial charge on any atom is -0.309 e. The topological polar surface area (TPSA) is 48.5 Å². The fourth-order valence-electron chi connectivity index (χ4n) is 9.78. The summed E-state index contributed by atoms with van der Waals surface area (Å²) in [5, 5.41) is 12.3. The molecule has 5 nitrogen and oxygen atoms in total. The van der Waals surface area contributed by atoms with E-state index in [-0.39, 0.29) is 0 Å². The van der Waals surface area contributed by atoms with Gasteiger partial charge in [0, 0.05) is 38.4 Å². The molecule has 5 heteroatoms. The molecule has 0 aliphatic heterocycles. The molecular weight excluding hydrogens is 755 g/mol. The minimum atomic E-state index is 0.578. The van der Waals surface area contributed by atoms with E-state index in [4.69, 9.17) is 15.0 Å². The predicted octanol–water partition coefficient (Wildman–Crippen LogP) is 14.5. The number of nitrogens with zero attached hydrogens (tertiary/aromatic N) is 5. The molecule has 0 aliphatic rings. The Labute approximate surface area is 356 Å². The fraction of sp³-hybridized carbons (Fsp3) is 0. The molecule has 0 saturated carbocycles. The van der Waals surface area contributed by atoms with Crippen molar-refractivity contribution in [3.8, 4) is 45.5 Å². The average molecular weight is 790 g/mol. The standard InChI is InChI=1S/C57H35N5/c1-3-15-37(16-4-1)55-58-56(38-17-5-2-6-18-38)60-57(59-55)62-50-25-13-11-23-46(50)47-33-34-52-53(54(47)62)48-24-12-14-26-51(48)61(52)40-30-27-36(28-31-40)39-29-32-45-43-21-8-7-19-41(43)42-20-9-10-22-44(42)49(45)35-39/h1-35H. The zero-order chi connectivity index (χ0) is 40.7. The molecule has 10 aromatic carbocycles. The molecular formula is C57H35N5. The van der Waals surface area contributed by atoms with Crippen molar-refractivity contribution in [2.45, 2.75) is 0 Å². The van der Waals surface area contributed by atoms with E-state index in [2.05, 4.69) is 185 Å². The highest BCUT2D eigenvalue weighted by Crippen LogP contribution is 2.43. The van der Waals surface area contributed by atoms with E-state index in [0.29, 0.717) is 17.6 Å². The van der Waals surface area contributed by atoms with Gasteiger partial charge in [0.2, 0.25) is 5.95 Å². The summed E-state index contributed by atoms with van der Waals surface area (Å²) in [7, 11) is 0. The van der Waals surface area contributed by atoms with Crippen LogP contribution in [-0.2, 0) is 0 Å². The van der Waals surface area contributed by atoms with E-state index in [1.165, 1.54) is 43.4 Å². The van der Waals surface area contributed by atoms with Crippen LogP contribution in [0, 0.1) is 0 Å². The summed E-state index contributed by atoms with van der Waals surface area (Å²) in [6, 6.07) is 75.7. The monoisotopic (exact) mass is 789 g/mol. The first kappa shape index (κ1) is 34.5. The summed E-state index contributed by atoms with van der Waals surface area (Å²) in [6.07, 6.45) is 0. The van der Waals surface area contributed by atoms with Crippen molar-refractivity contribution in [3.63, 3.8) is 0 Å². The molecule has 3 aromatic heterocycles. The summed E-state index contributed by atoms with van der Waals surface area (Å²) in [5.41, 5.74) is 9.68. The van der Waals surface area contributed by atoms with Gasteiger partial charge in [0.05, 0.1) is 22.1 Å². The first-order chi connectivity index (χ1) is 30.8. The van der Waals surface area contributed by atoms with E-state index >= 15 is 0 Å². The number of hydrogen-bond acceptors (Lipinski definition) is 3. The number of fused-ring (bicyclic) bond motifs is 13. The Morgan fingerprint density at radius 2 is 0.742 bits per heavy atom. The molecule has 0 spiro atoms. The van der Waals surface area contributed by atoms with Crippen molar-refractivity contribution < 1.29 is 0 Å². The van der Waals surface area contributed by atoms with Gasteiger partial charge in [-0.25, -0.2) is 4.98 Å². The van der Waals surface area contributed by atoms with Gasteiger partial charge in [-0.1, -0.05) is 176 Å². The van der Waals surface area contributed by atoms with Gasteiger partial charge >= 0.3 is 0 Å². The van der Waals surface area contributed by atoms with E-state index in [0.717, 1.165) is 60.4 Å². The summed E-state index contributed by atoms with van der Waals surface area (Å²) >= 11 is 0. The maximum absolute atomic E-state index is 5.25. The van der Waals surface area contributed by atoms with Crippen LogP contribution in [0.4, 0.5) is 0 Å². The second kappa shape index (κ2) is 13.6. The van der Waals surface area contributed by atoms with Crippen LogP contribution in [0.25, 0.3) is 121 Å². The molecule has 13 aromatic rings. The molecule has 62 heavy (non-hydrogen) atoms. The van der Waals surface area contributed by atoms with Gasteiger partial charge in [0.25, 0.3) is 0 Å². The molecule has 0 fully saturated rings. The SMILES string of the molecule is c1ccc(-c2nc(-c3ccccc3)nc(-n3c4ccccc4c4ccc5c(c6ccccc6n5-c5ccc(-c6ccc7c8ccccc8c8ccccc8c7c6)cc5)c43)n2)cc1. The van der Waals surface area contributed by atoms with Gasteiger partial charge in [-0.15, -0.1) is 0 Å². The molecule has 0 aliphatic carbocycles. The lowest BCUT2D eigenvalue weighted by molar-refractivity contribution is 0.955. The Balaban J connectivity index is 1.02. The van der Waals surface area contributed by atoms with E-state index in [9.17, 15) is 0 Å². The number of aromatic nitrogens is 5. The van der Waals surface area contributed by atoms with Crippen molar-refractivity contribution in [2.75, 3.05) is 0 Å². The highest BCUT2D eigenvalue weighted by Gasteiger charge is 2.23. The van der Waals surface area contributed by atoms with Crippen molar-refractivity contribution in [1.29, 1.82) is 0 Å². The van der Waals surface area contributed by atoms with E-state index < -0.39 is 0 Å². The first-order valence-electron chi connectivity index (χ1n) is 21.0. The third-order valence-corrected chi connectivity index (χ3v) is 12.6. The molecule has 0 amide bonds. The smallest absolute Gasteiger partial charge is 0.238 e. The van der Waals surface area contributed by atoms with Crippen molar-refractivity contribution >= 4 is 75.9 Å². The summed E-state index contributed by atoms with van der Waals surface area (Å²) in [6.45, 7) is 0. The maximum Gasteiger partial charge on any atom is 0.238 e. The summed E-state index contributed by atoms with van der Waals surface area (Å²) in [4.78, 5) is 15.5. The second-order valence-corrected chi connectivity index (χ2v) is 16.0. The highest BCUT2D eigenvalue weighted by molar-refractivity contribution is 6.27. The van der Waals surface area contributed by atoms with E-state index in [1.54, 1.807) is 0 Å². The van der Waals surface area contributed by atoms with Gasteiger partial charge in [-0.05, 0) is 79.8 Å². The Hall–Kier alpha value is -8.41. The molecule has 13 rings (SSSR count). The van der Waals surface area contributed by atoms with Crippen LogP contribution in [-0.4, -0.2) is 24.1 Å². The van der Waals surface area contributed by atoms with Crippen LogP contribution >= 0.6 is 0 Å². The number of benzene rings is 10. The lowest BCUT2D eigenvalue weighted by Crippen LogP contribution is -2.06. The molecule has 0 N–H and O–H groups in total. The lowest BCUT2D eigenvalue weighted by Gasteiger charge is -2.13. The normalized spacial score (nSPS) is 11.9. The minimum absolute atomic E-state index is 0.578. The van der Waals surface area contributed by atoms with Gasteiger partial charge < -0.3 is 4.57 Å². The zero-order valence-electron chi connectivity index (χ0n) is 33.4. The third-order valence-electron chi connectivity index (χ3n) is 12.6. The molecule has 0 saturated heterocycles. The number of hydrogen-bond donors (Lipinski definition) is 0. The molecule has 0 radical (unpaired) electrons. The Morgan fingerprint density at radius 1 is 0.274 bits per heavy atom. The largest absolute Gasteiger partial charge is 0.309 e. The Bertz CT molecular complexity index is 3810. The van der Waals surface area contributed by atoms with Crippen molar-refractivity contribution in [1.82, 2.24) is 24.1 Å². The quantitative estimate of drug-likeness (QED) is 0.163. The maximum atomic E-state index is 5.25. The highest BCUT2D eigenvalue weighted by atomic mass is 15.2. The van der Waals surface area contributed by atoms with Gasteiger partial charge in [-0.2, -0.15) is 9.97 Å². The summed E-state index contributed by atoms with van der Waals surface area (Å²) in [5.74, 6) is 1.83. The van der Waals surface area contributed by atoms with Crippen LogP contribution in [0.2, 0.25) is 0 Å². The van der Waals surface area contributed by atoms with Crippen LogP contribution in [0.3, 0.4) is 0 Å². The Morgan fingerprint density at radius 3 is 1.35 bits per heavy atom. The predicted molar refractivity (Wildman–Crippen MR) is 257 cm³/mol. The van der Waals surface area contributed by atoms with Gasteiger partial charge in [-0.3, -0.25) is 4.57 Å². The van der Waals surface area contributed by atoms with Crippen molar-refractivity contribution in [2.24, 2.45) is 0 Å².